The van der Waals surface area contributed by atoms with Crippen LogP contribution in [0.3, 0.4) is 0 Å². The SMILES string of the molecule is FC(F)(F)c1n[nH]c(C2C#CC=CC(c3n[nH]c(C(F)(F)F)n3)=N2)n1. The lowest BCUT2D eigenvalue weighted by atomic mass is 10.3. The molecule has 2 aromatic heterocycles. The van der Waals surface area contributed by atoms with E-state index in [2.05, 4.69) is 42.1 Å². The summed E-state index contributed by atoms with van der Waals surface area (Å²) >= 11 is 0. The highest BCUT2D eigenvalue weighted by Gasteiger charge is 2.37. The fourth-order valence-electron chi connectivity index (χ4n) is 1.75. The van der Waals surface area contributed by atoms with Gasteiger partial charge in [0.2, 0.25) is 5.82 Å². The Kier molecular flexibility index (Phi) is 3.82. The predicted octanol–water partition coefficient (Wildman–Crippen LogP) is 2.06. The quantitative estimate of drug-likeness (QED) is 0.632. The van der Waals surface area contributed by atoms with Crippen molar-refractivity contribution >= 4 is 5.71 Å². The number of nitrogens with one attached hydrogen (secondary N) is 2. The summed E-state index contributed by atoms with van der Waals surface area (Å²) < 4.78 is 75.3. The van der Waals surface area contributed by atoms with Crippen LogP contribution in [-0.4, -0.2) is 36.1 Å². The molecule has 1 aliphatic heterocycles. The number of allylic oxidation sites excluding steroid dienone is 2. The van der Waals surface area contributed by atoms with Crippen molar-refractivity contribution in [1.29, 1.82) is 0 Å². The minimum atomic E-state index is -4.76. The van der Waals surface area contributed by atoms with Crippen LogP contribution in [-0.2, 0) is 12.4 Å². The van der Waals surface area contributed by atoms with Crippen LogP contribution in [0.25, 0.3) is 0 Å². The molecule has 2 aromatic rings. The van der Waals surface area contributed by atoms with Crippen LogP contribution >= 0.6 is 0 Å². The van der Waals surface area contributed by atoms with Crippen LogP contribution in [0.1, 0.15) is 29.3 Å². The van der Waals surface area contributed by atoms with E-state index in [-0.39, 0.29) is 11.5 Å². The smallest absolute Gasteiger partial charge is 0.260 e. The summed E-state index contributed by atoms with van der Waals surface area (Å²) in [6, 6.07) is -1.21. The highest BCUT2D eigenvalue weighted by atomic mass is 19.4. The van der Waals surface area contributed by atoms with Crippen LogP contribution in [0.4, 0.5) is 26.3 Å². The van der Waals surface area contributed by atoms with Gasteiger partial charge in [0, 0.05) is 0 Å². The zero-order valence-corrected chi connectivity index (χ0v) is 11.7. The van der Waals surface area contributed by atoms with Crippen LogP contribution in [0.2, 0.25) is 0 Å². The molecule has 0 bridgehead atoms. The van der Waals surface area contributed by atoms with Crippen molar-refractivity contribution in [3.05, 3.63) is 35.4 Å². The van der Waals surface area contributed by atoms with Gasteiger partial charge in [0.05, 0.1) is 0 Å². The van der Waals surface area contributed by atoms with Gasteiger partial charge in [-0.25, -0.2) is 9.97 Å². The lowest BCUT2D eigenvalue weighted by molar-refractivity contribution is -0.145. The molecular weight excluding hydrogens is 356 g/mol. The Morgan fingerprint density at radius 3 is 2.32 bits per heavy atom. The Morgan fingerprint density at radius 2 is 1.72 bits per heavy atom. The highest BCUT2D eigenvalue weighted by molar-refractivity contribution is 6.06. The second-order valence-electron chi connectivity index (χ2n) is 4.59. The highest BCUT2D eigenvalue weighted by Crippen LogP contribution is 2.28. The van der Waals surface area contributed by atoms with Crippen LogP contribution in [0, 0.1) is 11.8 Å². The van der Waals surface area contributed by atoms with E-state index in [0.29, 0.717) is 0 Å². The summed E-state index contributed by atoms with van der Waals surface area (Å²) in [7, 11) is 0. The molecule has 1 aliphatic rings. The molecule has 0 fully saturated rings. The van der Waals surface area contributed by atoms with Gasteiger partial charge in [-0.2, -0.15) is 31.4 Å². The number of alkyl halides is 6. The molecule has 3 rings (SSSR count). The van der Waals surface area contributed by atoms with Gasteiger partial charge in [-0.05, 0) is 12.2 Å². The van der Waals surface area contributed by atoms with Gasteiger partial charge in [-0.3, -0.25) is 15.2 Å². The standard InChI is InChI=1S/C12H5F6N7/c13-11(14,15)9-20-7(22-24-9)5-3-1-2-4-6(19-5)8-21-10(25-23-8)12(16,17)18/h1,3,6H,(H,20,22,24)(H,21,23,25). The maximum absolute atomic E-state index is 12.6. The summed E-state index contributed by atoms with van der Waals surface area (Å²) in [4.78, 5) is 10.5. The molecule has 0 saturated carbocycles. The number of halogens is 6. The molecule has 0 radical (unpaired) electrons. The third-order valence-corrected chi connectivity index (χ3v) is 2.81. The Bertz CT molecular complexity index is 905. The van der Waals surface area contributed by atoms with E-state index in [9.17, 15) is 26.3 Å². The van der Waals surface area contributed by atoms with Crippen molar-refractivity contribution in [3.8, 4) is 11.8 Å². The normalized spacial score (nSPS) is 17.7. The fraction of sp³-hybridized carbons (Fsp3) is 0.250. The molecule has 13 heteroatoms. The van der Waals surface area contributed by atoms with Gasteiger partial charge in [0.25, 0.3) is 5.82 Å². The molecule has 25 heavy (non-hydrogen) atoms. The second-order valence-corrected chi connectivity index (χ2v) is 4.59. The minimum Gasteiger partial charge on any atom is -0.260 e. The number of aromatic nitrogens is 6. The van der Waals surface area contributed by atoms with Gasteiger partial charge >= 0.3 is 12.4 Å². The van der Waals surface area contributed by atoms with E-state index < -0.39 is 35.9 Å². The molecule has 3 heterocycles. The van der Waals surface area contributed by atoms with E-state index in [1.165, 1.54) is 12.2 Å². The second kappa shape index (κ2) is 5.72. The summed E-state index contributed by atoms with van der Waals surface area (Å²) in [5.74, 6) is 1.52. The molecule has 7 nitrogen and oxygen atoms in total. The first-order chi connectivity index (χ1) is 11.6. The van der Waals surface area contributed by atoms with Gasteiger partial charge in [-0.1, -0.05) is 11.8 Å². The number of rotatable bonds is 2. The van der Waals surface area contributed by atoms with Crippen molar-refractivity contribution in [2.45, 2.75) is 18.4 Å². The largest absolute Gasteiger partial charge is 0.453 e. The van der Waals surface area contributed by atoms with Crippen LogP contribution in [0.15, 0.2) is 17.1 Å². The van der Waals surface area contributed by atoms with Gasteiger partial charge in [0.1, 0.15) is 5.71 Å². The minimum absolute atomic E-state index is 0.126. The molecule has 1 unspecified atom stereocenters. The predicted molar refractivity (Wildman–Crippen MR) is 69.0 cm³/mol. The fourth-order valence-corrected chi connectivity index (χ4v) is 1.75. The van der Waals surface area contributed by atoms with E-state index in [1.807, 2.05) is 0 Å². The summed E-state index contributed by atoms with van der Waals surface area (Å²) in [5.41, 5.74) is -0.126. The van der Waals surface area contributed by atoms with E-state index in [0.717, 1.165) is 0 Å². The number of hydrogen-bond donors (Lipinski definition) is 2. The van der Waals surface area contributed by atoms with Gasteiger partial charge in [-0.15, -0.1) is 5.10 Å². The monoisotopic (exact) mass is 361 g/mol. The molecule has 2 N–H and O–H groups in total. The summed E-state index contributed by atoms with van der Waals surface area (Å²) in [5, 5.41) is 10.2. The maximum Gasteiger partial charge on any atom is 0.453 e. The lowest BCUT2D eigenvalue weighted by Gasteiger charge is -2.02. The zero-order valence-electron chi connectivity index (χ0n) is 11.7. The Hall–Kier alpha value is -3.17. The van der Waals surface area contributed by atoms with Crippen molar-refractivity contribution < 1.29 is 26.3 Å². The topological polar surface area (TPSA) is 95.5 Å². The van der Waals surface area contributed by atoms with Crippen LogP contribution < -0.4 is 0 Å². The van der Waals surface area contributed by atoms with E-state index >= 15 is 0 Å². The molecule has 0 saturated heterocycles. The maximum atomic E-state index is 12.6. The zero-order chi connectivity index (χ0) is 18.2. The number of aliphatic imine (C=N–C) groups is 1. The van der Waals surface area contributed by atoms with E-state index in [4.69, 9.17) is 0 Å². The summed E-state index contributed by atoms with van der Waals surface area (Å²) in [6.07, 6.45) is -7.01. The first kappa shape index (κ1) is 16.7. The molecular formula is C12H5F6N7. The number of nitrogens with zero attached hydrogens (tertiary/aromatic N) is 5. The molecule has 1 atom stereocenters. The average molecular weight is 361 g/mol. The first-order valence-corrected chi connectivity index (χ1v) is 6.39. The Balaban J connectivity index is 1.94. The number of hydrogen-bond acceptors (Lipinski definition) is 5. The van der Waals surface area contributed by atoms with Crippen LogP contribution in [0.5, 0.6) is 0 Å². The summed E-state index contributed by atoms with van der Waals surface area (Å²) in [6.45, 7) is 0. The van der Waals surface area contributed by atoms with E-state index in [1.54, 1.807) is 5.10 Å². The van der Waals surface area contributed by atoms with Crippen molar-refractivity contribution in [2.24, 2.45) is 4.99 Å². The average Bonchev–Trinajstić information content (AvgIpc) is 3.12. The lowest BCUT2D eigenvalue weighted by Crippen LogP contribution is -2.09. The Labute approximate surface area is 134 Å². The van der Waals surface area contributed by atoms with Crippen molar-refractivity contribution in [3.63, 3.8) is 0 Å². The number of H-pyrrole nitrogens is 2. The number of aromatic amines is 2. The molecule has 0 amide bonds. The molecule has 0 aliphatic carbocycles. The van der Waals surface area contributed by atoms with Gasteiger partial charge in [0.15, 0.2) is 17.7 Å². The molecule has 0 spiro atoms. The first-order valence-electron chi connectivity index (χ1n) is 6.39. The van der Waals surface area contributed by atoms with Gasteiger partial charge < -0.3 is 0 Å². The third kappa shape index (κ3) is 3.52. The van der Waals surface area contributed by atoms with Crippen molar-refractivity contribution in [2.75, 3.05) is 0 Å². The Morgan fingerprint density at radius 1 is 0.960 bits per heavy atom. The molecule has 0 aromatic carbocycles. The molecule has 130 valence electrons. The van der Waals surface area contributed by atoms with Crippen molar-refractivity contribution in [1.82, 2.24) is 30.4 Å². The third-order valence-electron chi connectivity index (χ3n) is 2.81.